The first-order valence-electron chi connectivity index (χ1n) is 14.1. The van der Waals surface area contributed by atoms with E-state index in [-0.39, 0.29) is 0 Å². The summed E-state index contributed by atoms with van der Waals surface area (Å²) in [5.74, 6) is 4.69. The monoisotopic (exact) mass is 586 g/mol. The van der Waals surface area contributed by atoms with Crippen molar-refractivity contribution in [2.24, 2.45) is 0 Å². The maximum atomic E-state index is 2.34. The Balaban J connectivity index is 1.23. The van der Waals surface area contributed by atoms with Gasteiger partial charge >= 0.3 is 0 Å². The largest absolute Gasteiger partial charge is 0.0668 e. The topological polar surface area (TPSA) is 0 Å². The molecule has 0 radical (unpaired) electrons. The first-order valence-corrected chi connectivity index (χ1v) is 16.9. The second-order valence-corrected chi connectivity index (χ2v) is 13.8. The molecule has 13 heterocycles. The second-order valence-electron chi connectivity index (χ2n) is 10.6. The van der Waals surface area contributed by atoms with Crippen LogP contribution < -0.4 is 0 Å². The minimum Gasteiger partial charge on any atom is -0.0668 e. The van der Waals surface area contributed by atoms with Crippen LogP contribution in [-0.2, 0) is 0 Å². The lowest BCUT2D eigenvalue weighted by molar-refractivity contribution is 1.57. The summed E-state index contributed by atoms with van der Waals surface area (Å²) in [7, 11) is 3.77. The van der Waals surface area contributed by atoms with E-state index in [2.05, 4.69) is 151 Å². The molecule has 0 saturated carbocycles. The third-order valence-electron chi connectivity index (χ3n) is 8.01. The molecule has 3 heteroatoms. The fraction of sp³-hybridized carbons (Fsp3) is 0. The lowest BCUT2D eigenvalue weighted by Crippen LogP contribution is -1.83. The fourth-order valence-electron chi connectivity index (χ4n) is 5.57. The molecule has 3 aromatic heterocycles. The van der Waals surface area contributed by atoms with Gasteiger partial charge in [0.2, 0.25) is 0 Å². The van der Waals surface area contributed by atoms with E-state index >= 15 is 0 Å². The van der Waals surface area contributed by atoms with Gasteiger partial charge in [-0.3, -0.25) is 0 Å². The van der Waals surface area contributed by atoms with Crippen LogP contribution in [0.25, 0.3) is 76.8 Å². The first kappa shape index (κ1) is 25.5. The van der Waals surface area contributed by atoms with E-state index < -0.39 is 0 Å². The Morgan fingerprint density at radius 1 is 0.238 bits per heavy atom. The summed E-state index contributed by atoms with van der Waals surface area (Å²) in [6, 6.07) is 51.7. The first-order chi connectivity index (χ1) is 20.8. The lowest BCUT2D eigenvalue weighted by Gasteiger charge is -2.09. The zero-order valence-electron chi connectivity index (χ0n) is 22.8. The summed E-state index contributed by atoms with van der Waals surface area (Å²) in [5, 5.41) is 5.51. The van der Waals surface area contributed by atoms with Gasteiger partial charge in [-0.1, -0.05) is 140 Å². The Morgan fingerprint density at radius 3 is 0.762 bits per heavy atom. The van der Waals surface area contributed by atoms with Crippen LogP contribution in [-0.4, -0.2) is 0 Å². The fourth-order valence-corrected chi connectivity index (χ4v) is 8.94. The van der Waals surface area contributed by atoms with Crippen LogP contribution in [0, 0.1) is 0 Å². The molecule has 10 aliphatic heterocycles. The highest BCUT2D eigenvalue weighted by molar-refractivity contribution is 7.43. The molecule has 0 saturated heterocycles. The smallest absolute Gasteiger partial charge is 0.0142 e. The van der Waals surface area contributed by atoms with E-state index in [1.165, 1.54) is 101 Å². The average Bonchev–Trinajstić information content (AvgIpc) is 3.09. The van der Waals surface area contributed by atoms with E-state index in [9.17, 15) is 0 Å². The quantitative estimate of drug-likeness (QED) is 0.166. The van der Waals surface area contributed by atoms with Gasteiger partial charge in [0, 0.05) is 21.2 Å². The molecular formula is C39H25P3. The summed E-state index contributed by atoms with van der Waals surface area (Å²) in [6.07, 6.45) is 0. The second kappa shape index (κ2) is 10.9. The van der Waals surface area contributed by atoms with Crippen molar-refractivity contribution in [2.45, 2.75) is 0 Å². The predicted molar refractivity (Wildman–Crippen MR) is 186 cm³/mol. The average molecular weight is 587 g/mol. The SMILES string of the molecule is c1cc2pc(c1)-c1ccc(cp1)-c1ccc(cc1)-c1ccc(cc1)-c1ccc(cc1)-c1ccc(cc1)-c1ccc-2pc1. The summed E-state index contributed by atoms with van der Waals surface area (Å²) in [4.78, 5) is 0. The molecule has 10 aliphatic rings. The molecule has 0 amide bonds. The van der Waals surface area contributed by atoms with E-state index in [1.54, 1.807) is 0 Å². The lowest BCUT2D eigenvalue weighted by atomic mass is 9.97. The Hall–Kier alpha value is -4.17. The molecule has 196 valence electrons. The molecule has 42 heavy (non-hydrogen) atoms. The van der Waals surface area contributed by atoms with Gasteiger partial charge in [0.05, 0.1) is 0 Å². The highest BCUT2D eigenvalue weighted by atomic mass is 31.0. The van der Waals surface area contributed by atoms with Crippen molar-refractivity contribution >= 4 is 24.6 Å². The maximum absolute atomic E-state index is 2.34. The van der Waals surface area contributed by atoms with Crippen molar-refractivity contribution in [1.82, 2.24) is 0 Å². The standard InChI is InChI=1S/C39H25P3/c1-2-38-36-22-20-34(24-40-36)32-16-12-30(13-17-32)28-8-4-26(5-9-28)27-6-10-29(11-7-27)31-14-18-33(19-15-31)35-21-23-37(41-25-35)39(3-1)42-38/h1-25H. The van der Waals surface area contributed by atoms with Crippen LogP contribution in [0.4, 0.5) is 0 Å². The Kier molecular flexibility index (Phi) is 6.63. The molecular weight excluding hydrogens is 561 g/mol. The van der Waals surface area contributed by atoms with Crippen molar-refractivity contribution in [3.63, 3.8) is 0 Å². The number of rotatable bonds is 0. The zero-order chi connectivity index (χ0) is 27.9. The molecule has 0 fully saturated rings. The molecule has 14 bridgehead atoms. The summed E-state index contributed by atoms with van der Waals surface area (Å²) >= 11 is 0. The van der Waals surface area contributed by atoms with Crippen molar-refractivity contribution < 1.29 is 0 Å². The molecule has 4 aromatic carbocycles. The van der Waals surface area contributed by atoms with Crippen molar-refractivity contribution in [2.75, 3.05) is 0 Å². The highest BCUT2D eigenvalue weighted by Crippen LogP contribution is 2.43. The van der Waals surface area contributed by atoms with Crippen LogP contribution in [0.5, 0.6) is 0 Å². The van der Waals surface area contributed by atoms with Gasteiger partial charge in [0.25, 0.3) is 0 Å². The highest BCUT2D eigenvalue weighted by Gasteiger charge is 2.08. The minimum absolute atomic E-state index is 1.23. The van der Waals surface area contributed by atoms with Gasteiger partial charge in [0.15, 0.2) is 0 Å². The molecule has 7 aromatic rings. The molecule has 0 nitrogen and oxygen atoms in total. The number of hydrogen-bond donors (Lipinski definition) is 0. The van der Waals surface area contributed by atoms with Crippen LogP contribution >= 0.6 is 24.6 Å². The van der Waals surface area contributed by atoms with Crippen LogP contribution in [0.1, 0.15) is 0 Å². The van der Waals surface area contributed by atoms with E-state index in [4.69, 9.17) is 0 Å². The zero-order valence-corrected chi connectivity index (χ0v) is 25.5. The van der Waals surface area contributed by atoms with E-state index in [0.717, 1.165) is 0 Å². The summed E-state index contributed by atoms with van der Waals surface area (Å²) < 4.78 is 0. The van der Waals surface area contributed by atoms with Crippen LogP contribution in [0.2, 0.25) is 0 Å². The maximum Gasteiger partial charge on any atom is 0.0142 e. The normalized spacial score (nSPS) is 11.9. The summed E-state index contributed by atoms with van der Waals surface area (Å²) in [6.45, 7) is 0. The van der Waals surface area contributed by atoms with Crippen molar-refractivity contribution in [3.8, 4) is 76.8 Å². The van der Waals surface area contributed by atoms with Gasteiger partial charge in [0.1, 0.15) is 0 Å². The molecule has 0 atom stereocenters. The Bertz CT molecular complexity index is 1860. The third kappa shape index (κ3) is 4.94. The van der Waals surface area contributed by atoms with Gasteiger partial charge in [-0.15, -0.1) is 0 Å². The van der Waals surface area contributed by atoms with Gasteiger partial charge in [-0.05, 0) is 91.5 Å². The van der Waals surface area contributed by atoms with Gasteiger partial charge in [-0.25, -0.2) is 0 Å². The van der Waals surface area contributed by atoms with Gasteiger partial charge in [-0.2, -0.15) is 0 Å². The molecule has 17 rings (SSSR count). The third-order valence-corrected chi connectivity index (χ3v) is 11.8. The predicted octanol–water partition coefficient (Wildman–Crippen LogP) is 13.4. The number of hydrogen-bond acceptors (Lipinski definition) is 0. The van der Waals surface area contributed by atoms with E-state index in [0.29, 0.717) is 0 Å². The Morgan fingerprint density at radius 2 is 0.500 bits per heavy atom. The number of benzene rings is 4. The molecule has 0 spiro atoms. The molecule has 0 N–H and O–H groups in total. The minimum atomic E-state index is 1.23. The van der Waals surface area contributed by atoms with E-state index in [1.807, 2.05) is 0 Å². The molecule has 0 unspecified atom stereocenters. The van der Waals surface area contributed by atoms with Crippen LogP contribution in [0.3, 0.4) is 0 Å². The van der Waals surface area contributed by atoms with Crippen LogP contribution in [0.15, 0.2) is 151 Å². The summed E-state index contributed by atoms with van der Waals surface area (Å²) in [5.41, 5.74) is 12.5. The van der Waals surface area contributed by atoms with Gasteiger partial charge < -0.3 is 0 Å². The Labute approximate surface area is 251 Å². The van der Waals surface area contributed by atoms with Crippen molar-refractivity contribution in [3.05, 3.63) is 151 Å². The van der Waals surface area contributed by atoms with Crippen molar-refractivity contribution in [1.29, 1.82) is 0 Å². The molecule has 0 aliphatic carbocycles.